The molecule has 0 fully saturated rings. The molecule has 0 radical (unpaired) electrons. The van der Waals surface area contributed by atoms with Crippen LogP contribution in [0.5, 0.6) is 0 Å². The summed E-state index contributed by atoms with van der Waals surface area (Å²) in [5.41, 5.74) is -0.638. The van der Waals surface area contributed by atoms with E-state index in [9.17, 15) is 9.59 Å². The van der Waals surface area contributed by atoms with Crippen molar-refractivity contribution in [3.8, 4) is 0 Å². The lowest BCUT2D eigenvalue weighted by Crippen LogP contribution is -2.27. The fourth-order valence-electron chi connectivity index (χ4n) is 1.12. The van der Waals surface area contributed by atoms with Gasteiger partial charge in [0.1, 0.15) is 11.2 Å². The van der Waals surface area contributed by atoms with Crippen molar-refractivity contribution in [2.75, 3.05) is 5.32 Å². The van der Waals surface area contributed by atoms with Crippen molar-refractivity contribution in [2.24, 2.45) is 0 Å². The van der Waals surface area contributed by atoms with Crippen LogP contribution in [0.1, 0.15) is 33.5 Å². The van der Waals surface area contributed by atoms with Gasteiger partial charge in [-0.2, -0.15) is 9.36 Å². The van der Waals surface area contributed by atoms with E-state index >= 15 is 0 Å². The van der Waals surface area contributed by atoms with Gasteiger partial charge in [0.15, 0.2) is 5.82 Å². The Morgan fingerprint density at radius 1 is 1.42 bits per heavy atom. The maximum absolute atomic E-state index is 11.5. The largest absolute Gasteiger partial charge is 0.478 e. The van der Waals surface area contributed by atoms with Crippen LogP contribution in [-0.2, 0) is 9.53 Å². The molecule has 1 aromatic heterocycles. The fraction of sp³-hybridized carbons (Fsp3) is 0.455. The minimum Gasteiger partial charge on any atom is -0.478 e. The Morgan fingerprint density at radius 3 is 2.53 bits per heavy atom. The van der Waals surface area contributed by atoms with Crippen LogP contribution in [-0.4, -0.2) is 32.1 Å². The molecule has 0 aliphatic heterocycles. The summed E-state index contributed by atoms with van der Waals surface area (Å²) < 4.78 is 8.91. The van der Waals surface area contributed by atoms with Gasteiger partial charge in [-0.3, -0.25) is 5.32 Å². The standard InChI is InChI=1S/C11H15N3O4S/c1-5-6(8(15)16)7-12-9(19-14-7)13-10(17)18-11(2,3)4/h5H,1-4H3,(H,15,16)(H,12,13,14,17). The summed E-state index contributed by atoms with van der Waals surface area (Å²) in [5.74, 6) is -1.06. The molecule has 0 unspecified atom stereocenters. The van der Waals surface area contributed by atoms with E-state index in [1.54, 1.807) is 27.7 Å². The van der Waals surface area contributed by atoms with E-state index < -0.39 is 17.7 Å². The number of nitrogens with one attached hydrogen (secondary N) is 1. The van der Waals surface area contributed by atoms with E-state index in [2.05, 4.69) is 14.7 Å². The summed E-state index contributed by atoms with van der Waals surface area (Å²) in [6.07, 6.45) is 0.731. The zero-order chi connectivity index (χ0) is 14.6. The second-order valence-corrected chi connectivity index (χ2v) is 5.31. The maximum Gasteiger partial charge on any atom is 0.414 e. The number of carbonyl (C=O) groups excluding carboxylic acids is 1. The van der Waals surface area contributed by atoms with Crippen molar-refractivity contribution >= 4 is 34.3 Å². The monoisotopic (exact) mass is 285 g/mol. The second kappa shape index (κ2) is 5.79. The van der Waals surface area contributed by atoms with Crippen LogP contribution in [0, 0.1) is 0 Å². The van der Waals surface area contributed by atoms with Crippen LogP contribution < -0.4 is 5.32 Å². The van der Waals surface area contributed by atoms with Gasteiger partial charge in [-0.25, -0.2) is 9.59 Å². The number of hydrogen-bond acceptors (Lipinski definition) is 6. The smallest absolute Gasteiger partial charge is 0.414 e. The normalized spacial score (nSPS) is 12.1. The van der Waals surface area contributed by atoms with Gasteiger partial charge in [0.25, 0.3) is 0 Å². The summed E-state index contributed by atoms with van der Waals surface area (Å²) in [4.78, 5) is 26.3. The van der Waals surface area contributed by atoms with E-state index in [1.165, 1.54) is 6.08 Å². The SMILES string of the molecule is CC=C(C(=O)O)c1nsc(NC(=O)OC(C)(C)C)n1. The number of nitrogens with zero attached hydrogens (tertiary/aromatic N) is 2. The third-order valence-corrected chi connectivity index (χ3v) is 2.42. The van der Waals surface area contributed by atoms with Crippen molar-refractivity contribution in [1.29, 1.82) is 0 Å². The second-order valence-electron chi connectivity index (χ2n) is 4.56. The minimum absolute atomic E-state index is 0.0199. The molecular formula is C11H15N3O4S. The van der Waals surface area contributed by atoms with E-state index in [-0.39, 0.29) is 16.5 Å². The van der Waals surface area contributed by atoms with Crippen molar-refractivity contribution in [2.45, 2.75) is 33.3 Å². The van der Waals surface area contributed by atoms with Crippen LogP contribution in [0.25, 0.3) is 5.57 Å². The predicted molar refractivity (Wildman–Crippen MR) is 71.1 cm³/mol. The molecule has 1 amide bonds. The number of hydrogen-bond donors (Lipinski definition) is 2. The Balaban J connectivity index is 2.76. The summed E-state index contributed by atoms with van der Waals surface area (Å²) in [7, 11) is 0. The predicted octanol–water partition coefficient (Wildman–Crippen LogP) is 2.37. The number of ether oxygens (including phenoxy) is 1. The highest BCUT2D eigenvalue weighted by atomic mass is 32.1. The van der Waals surface area contributed by atoms with Gasteiger partial charge < -0.3 is 9.84 Å². The molecule has 19 heavy (non-hydrogen) atoms. The first kappa shape index (κ1) is 15.1. The molecule has 8 heteroatoms. The Labute approximate surface area is 114 Å². The molecule has 0 saturated carbocycles. The highest BCUT2D eigenvalue weighted by molar-refractivity contribution is 7.10. The Morgan fingerprint density at radius 2 is 2.05 bits per heavy atom. The first-order chi connectivity index (χ1) is 8.73. The highest BCUT2D eigenvalue weighted by Gasteiger charge is 2.19. The van der Waals surface area contributed by atoms with E-state index in [0.29, 0.717) is 0 Å². The number of carboxylic acid groups (broad SMARTS) is 1. The fourth-order valence-corrected chi connectivity index (χ4v) is 1.69. The molecule has 0 bridgehead atoms. The molecule has 104 valence electrons. The number of rotatable bonds is 3. The first-order valence-corrected chi connectivity index (χ1v) is 6.24. The lowest BCUT2D eigenvalue weighted by molar-refractivity contribution is -0.130. The number of anilines is 1. The molecule has 1 aromatic rings. The molecule has 7 nitrogen and oxygen atoms in total. The molecule has 1 rings (SSSR count). The molecule has 0 aliphatic rings. The van der Waals surface area contributed by atoms with E-state index in [4.69, 9.17) is 9.84 Å². The van der Waals surface area contributed by atoms with Crippen molar-refractivity contribution in [3.05, 3.63) is 11.9 Å². The quantitative estimate of drug-likeness (QED) is 0.827. The molecule has 2 N–H and O–H groups in total. The van der Waals surface area contributed by atoms with Crippen LogP contribution >= 0.6 is 11.5 Å². The summed E-state index contributed by atoms with van der Waals surface area (Å²) in [5, 5.41) is 11.5. The zero-order valence-electron chi connectivity index (χ0n) is 11.1. The van der Waals surface area contributed by atoms with Crippen LogP contribution in [0.15, 0.2) is 6.08 Å². The number of amides is 1. The number of aromatic nitrogens is 2. The Kier molecular flexibility index (Phi) is 4.60. The van der Waals surface area contributed by atoms with Crippen molar-refractivity contribution < 1.29 is 19.4 Å². The average molecular weight is 285 g/mol. The summed E-state index contributed by atoms with van der Waals surface area (Å²) in [6, 6.07) is 0. The van der Waals surface area contributed by atoms with E-state index in [1.807, 2.05) is 0 Å². The van der Waals surface area contributed by atoms with Crippen LogP contribution in [0.3, 0.4) is 0 Å². The van der Waals surface area contributed by atoms with Gasteiger partial charge in [-0.05, 0) is 27.7 Å². The van der Waals surface area contributed by atoms with Crippen molar-refractivity contribution in [1.82, 2.24) is 9.36 Å². The third-order valence-electron chi connectivity index (χ3n) is 1.79. The first-order valence-electron chi connectivity index (χ1n) is 5.46. The lowest BCUT2D eigenvalue weighted by atomic mass is 10.2. The molecule has 0 aromatic carbocycles. The maximum atomic E-state index is 11.5. The minimum atomic E-state index is -1.12. The molecule has 1 heterocycles. The number of carbonyl (C=O) groups is 2. The Hall–Kier alpha value is -1.96. The molecule has 0 aliphatic carbocycles. The third kappa shape index (κ3) is 4.66. The van der Waals surface area contributed by atoms with Crippen LogP contribution in [0.2, 0.25) is 0 Å². The van der Waals surface area contributed by atoms with Crippen LogP contribution in [0.4, 0.5) is 9.93 Å². The highest BCUT2D eigenvalue weighted by Crippen LogP contribution is 2.18. The average Bonchev–Trinajstić information content (AvgIpc) is 2.63. The van der Waals surface area contributed by atoms with Crippen molar-refractivity contribution in [3.63, 3.8) is 0 Å². The number of carboxylic acids is 1. The molecular weight excluding hydrogens is 270 g/mol. The number of allylic oxidation sites excluding steroid dienone is 1. The Bertz CT molecular complexity index is 516. The molecule has 0 saturated heterocycles. The zero-order valence-corrected chi connectivity index (χ0v) is 11.9. The lowest BCUT2D eigenvalue weighted by Gasteiger charge is -2.18. The summed E-state index contributed by atoms with van der Waals surface area (Å²) in [6.45, 7) is 6.78. The van der Waals surface area contributed by atoms with Gasteiger partial charge in [0.05, 0.1) is 0 Å². The van der Waals surface area contributed by atoms with Gasteiger partial charge in [-0.15, -0.1) is 0 Å². The van der Waals surface area contributed by atoms with Gasteiger partial charge >= 0.3 is 12.1 Å². The van der Waals surface area contributed by atoms with Gasteiger partial charge in [-0.1, -0.05) is 6.08 Å². The van der Waals surface area contributed by atoms with Gasteiger partial charge in [0, 0.05) is 11.5 Å². The topological polar surface area (TPSA) is 101 Å². The van der Waals surface area contributed by atoms with Gasteiger partial charge in [0.2, 0.25) is 5.13 Å². The van der Waals surface area contributed by atoms with E-state index in [0.717, 1.165) is 11.5 Å². The number of aliphatic carboxylic acids is 1. The molecule has 0 atom stereocenters. The summed E-state index contributed by atoms with van der Waals surface area (Å²) >= 11 is 0.888. The molecule has 0 spiro atoms.